The van der Waals surface area contributed by atoms with E-state index in [1.54, 1.807) is 11.3 Å². The van der Waals surface area contributed by atoms with Crippen molar-refractivity contribution in [2.75, 3.05) is 0 Å². The SMILES string of the molecule is c1ccc2sc(-c3ccc(-n4c5ccc(-n6c7ccccc7c7ccccc76)cc5c5cc(-n6c7ccccc7c7ccccc76)ccc54)cc3)nc2c1. The molecule has 4 nitrogen and oxygen atoms in total. The van der Waals surface area contributed by atoms with Gasteiger partial charge in [-0.05, 0) is 97.1 Å². The molecular weight excluding hydrogens is 677 g/mol. The summed E-state index contributed by atoms with van der Waals surface area (Å²) in [4.78, 5) is 4.94. The fourth-order valence-corrected chi connectivity index (χ4v) is 9.68. The lowest BCUT2D eigenvalue weighted by Gasteiger charge is -2.11. The molecule has 0 aliphatic heterocycles. The van der Waals surface area contributed by atoms with Crippen molar-refractivity contribution in [2.24, 2.45) is 0 Å². The molecule has 252 valence electrons. The first-order chi connectivity index (χ1) is 26.8. The minimum Gasteiger partial charge on any atom is -0.309 e. The minimum atomic E-state index is 1.04. The number of para-hydroxylation sites is 5. The van der Waals surface area contributed by atoms with Crippen molar-refractivity contribution in [2.45, 2.75) is 0 Å². The lowest BCUT2D eigenvalue weighted by molar-refractivity contribution is 1.16. The Morgan fingerprint density at radius 1 is 0.333 bits per heavy atom. The Kier molecular flexibility index (Phi) is 6.18. The van der Waals surface area contributed by atoms with E-state index in [9.17, 15) is 0 Å². The van der Waals surface area contributed by atoms with Gasteiger partial charge in [0.25, 0.3) is 0 Å². The molecule has 0 spiro atoms. The number of aromatic nitrogens is 4. The lowest BCUT2D eigenvalue weighted by atomic mass is 10.1. The van der Waals surface area contributed by atoms with Crippen LogP contribution in [0.15, 0.2) is 182 Å². The zero-order valence-electron chi connectivity index (χ0n) is 29.0. The summed E-state index contributed by atoms with van der Waals surface area (Å²) >= 11 is 1.74. The molecule has 0 radical (unpaired) electrons. The van der Waals surface area contributed by atoms with E-state index in [0.29, 0.717) is 0 Å². The molecule has 0 aliphatic carbocycles. The smallest absolute Gasteiger partial charge is 0.124 e. The fourth-order valence-electron chi connectivity index (χ4n) is 8.71. The van der Waals surface area contributed by atoms with E-state index < -0.39 is 0 Å². The highest BCUT2D eigenvalue weighted by Crippen LogP contribution is 2.40. The molecule has 0 bridgehead atoms. The Bertz CT molecular complexity index is 3140. The number of fused-ring (bicyclic) bond motifs is 10. The molecule has 0 N–H and O–H groups in total. The number of benzene rings is 8. The summed E-state index contributed by atoms with van der Waals surface area (Å²) in [5.74, 6) is 0. The first-order valence-corrected chi connectivity index (χ1v) is 19.1. The van der Waals surface area contributed by atoms with E-state index >= 15 is 0 Å². The van der Waals surface area contributed by atoms with Crippen molar-refractivity contribution in [1.29, 1.82) is 0 Å². The van der Waals surface area contributed by atoms with Gasteiger partial charge in [-0.25, -0.2) is 4.98 Å². The average molecular weight is 707 g/mol. The second-order valence-electron chi connectivity index (χ2n) is 14.0. The molecule has 0 saturated carbocycles. The van der Waals surface area contributed by atoms with E-state index in [0.717, 1.165) is 33.1 Å². The van der Waals surface area contributed by atoms with Crippen LogP contribution in [0.1, 0.15) is 0 Å². The maximum atomic E-state index is 4.94. The Morgan fingerprint density at radius 3 is 1.20 bits per heavy atom. The maximum Gasteiger partial charge on any atom is 0.124 e. The monoisotopic (exact) mass is 706 g/mol. The quantitative estimate of drug-likeness (QED) is 0.179. The van der Waals surface area contributed by atoms with Crippen LogP contribution in [0.3, 0.4) is 0 Å². The Labute approximate surface area is 314 Å². The third-order valence-corrected chi connectivity index (χ3v) is 12.2. The molecule has 0 amide bonds. The molecule has 0 aliphatic rings. The van der Waals surface area contributed by atoms with Gasteiger partial charge in [0.2, 0.25) is 0 Å². The molecule has 4 heterocycles. The van der Waals surface area contributed by atoms with Crippen molar-refractivity contribution in [1.82, 2.24) is 18.7 Å². The van der Waals surface area contributed by atoms with Crippen molar-refractivity contribution in [3.8, 4) is 27.6 Å². The molecule has 0 fully saturated rings. The first-order valence-electron chi connectivity index (χ1n) is 18.3. The van der Waals surface area contributed by atoms with E-state index in [1.807, 2.05) is 0 Å². The van der Waals surface area contributed by atoms with Gasteiger partial charge in [-0.15, -0.1) is 11.3 Å². The van der Waals surface area contributed by atoms with Gasteiger partial charge in [-0.3, -0.25) is 0 Å². The van der Waals surface area contributed by atoms with E-state index in [-0.39, 0.29) is 0 Å². The molecule has 0 unspecified atom stereocenters. The molecule has 4 aromatic heterocycles. The number of rotatable bonds is 4. The number of hydrogen-bond donors (Lipinski definition) is 0. The second-order valence-corrected chi connectivity index (χ2v) is 15.0. The van der Waals surface area contributed by atoms with Gasteiger partial charge in [0.1, 0.15) is 5.01 Å². The molecule has 5 heteroatoms. The van der Waals surface area contributed by atoms with Gasteiger partial charge in [0.05, 0.1) is 43.3 Å². The predicted molar refractivity (Wildman–Crippen MR) is 228 cm³/mol. The summed E-state index contributed by atoms with van der Waals surface area (Å²) in [5.41, 5.74) is 12.7. The van der Waals surface area contributed by atoms with Crippen molar-refractivity contribution in [3.05, 3.63) is 182 Å². The maximum absolute atomic E-state index is 4.94. The molecule has 8 aromatic carbocycles. The highest BCUT2D eigenvalue weighted by atomic mass is 32.1. The molecule has 0 atom stereocenters. The van der Waals surface area contributed by atoms with Gasteiger partial charge in [-0.1, -0.05) is 84.9 Å². The Morgan fingerprint density at radius 2 is 0.722 bits per heavy atom. The molecule has 0 saturated heterocycles. The lowest BCUT2D eigenvalue weighted by Crippen LogP contribution is -1.96. The van der Waals surface area contributed by atoms with Crippen LogP contribution >= 0.6 is 11.3 Å². The predicted octanol–water partition coefficient (Wildman–Crippen LogP) is 13.3. The summed E-state index contributed by atoms with van der Waals surface area (Å²) in [6.07, 6.45) is 0. The van der Waals surface area contributed by atoms with Crippen LogP contribution in [0.4, 0.5) is 0 Å². The number of nitrogens with zero attached hydrogens (tertiary/aromatic N) is 4. The molecule has 12 aromatic rings. The minimum absolute atomic E-state index is 1.04. The third kappa shape index (κ3) is 4.21. The van der Waals surface area contributed by atoms with E-state index in [2.05, 4.69) is 196 Å². The summed E-state index contributed by atoms with van der Waals surface area (Å²) in [6, 6.07) is 66.1. The normalized spacial score (nSPS) is 12.1. The first kappa shape index (κ1) is 29.6. The number of hydrogen-bond acceptors (Lipinski definition) is 2. The van der Waals surface area contributed by atoms with Crippen molar-refractivity contribution < 1.29 is 0 Å². The largest absolute Gasteiger partial charge is 0.309 e. The summed E-state index contributed by atoms with van der Waals surface area (Å²) < 4.78 is 8.45. The van der Waals surface area contributed by atoms with Crippen LogP contribution in [0, 0.1) is 0 Å². The van der Waals surface area contributed by atoms with Crippen LogP contribution in [0.5, 0.6) is 0 Å². The molecule has 54 heavy (non-hydrogen) atoms. The van der Waals surface area contributed by atoms with Crippen molar-refractivity contribution >= 4 is 87.0 Å². The van der Waals surface area contributed by atoms with Gasteiger partial charge < -0.3 is 13.7 Å². The van der Waals surface area contributed by atoms with Crippen LogP contribution in [-0.2, 0) is 0 Å². The molecule has 12 rings (SSSR count). The van der Waals surface area contributed by atoms with Crippen LogP contribution in [0.2, 0.25) is 0 Å². The zero-order chi connectivity index (χ0) is 35.3. The highest BCUT2D eigenvalue weighted by molar-refractivity contribution is 7.21. The van der Waals surface area contributed by atoms with E-state index in [4.69, 9.17) is 4.98 Å². The Balaban J connectivity index is 1.11. The van der Waals surface area contributed by atoms with Crippen molar-refractivity contribution in [3.63, 3.8) is 0 Å². The standard InChI is InChI=1S/C49H30N4S/c1-6-16-42-35(11-1)36-12-2-7-17-43(36)52(42)33-25-27-46-39(29-33)40-30-34(53-44-18-8-3-13-37(44)38-14-4-9-19-45(38)53)26-28-47(40)51(46)32-23-21-31(22-24-32)49-50-41-15-5-10-20-48(41)54-49/h1-30H. The zero-order valence-corrected chi connectivity index (χ0v) is 29.8. The van der Waals surface area contributed by atoms with Crippen LogP contribution < -0.4 is 0 Å². The average Bonchev–Trinajstić information content (AvgIpc) is 3.99. The van der Waals surface area contributed by atoms with Gasteiger partial charge in [0, 0.05) is 54.9 Å². The summed E-state index contributed by atoms with van der Waals surface area (Å²) in [5, 5.41) is 8.51. The summed E-state index contributed by atoms with van der Waals surface area (Å²) in [7, 11) is 0. The summed E-state index contributed by atoms with van der Waals surface area (Å²) in [6.45, 7) is 0. The van der Waals surface area contributed by atoms with Gasteiger partial charge >= 0.3 is 0 Å². The highest BCUT2D eigenvalue weighted by Gasteiger charge is 2.19. The van der Waals surface area contributed by atoms with Crippen LogP contribution in [-0.4, -0.2) is 18.7 Å². The van der Waals surface area contributed by atoms with Gasteiger partial charge in [-0.2, -0.15) is 0 Å². The second kappa shape index (κ2) is 11.3. The third-order valence-electron chi connectivity index (χ3n) is 11.1. The topological polar surface area (TPSA) is 27.7 Å². The van der Waals surface area contributed by atoms with Gasteiger partial charge in [0.15, 0.2) is 0 Å². The number of thiazole rings is 1. The Hall–Kier alpha value is -6.95. The van der Waals surface area contributed by atoms with E-state index in [1.165, 1.54) is 70.1 Å². The fraction of sp³-hybridized carbons (Fsp3) is 0. The molecular formula is C49H30N4S. The van der Waals surface area contributed by atoms with Crippen LogP contribution in [0.25, 0.3) is 103 Å².